The van der Waals surface area contributed by atoms with E-state index in [9.17, 15) is 4.79 Å². The Morgan fingerprint density at radius 3 is 2.63 bits per heavy atom. The molecule has 4 rings (SSSR count). The van der Waals surface area contributed by atoms with Crippen LogP contribution >= 0.6 is 0 Å². The quantitative estimate of drug-likeness (QED) is 0.464. The van der Waals surface area contributed by atoms with Crippen molar-refractivity contribution in [3.05, 3.63) is 54.1 Å². The van der Waals surface area contributed by atoms with Crippen LogP contribution in [0.2, 0.25) is 0 Å². The zero-order chi connectivity index (χ0) is 21.1. The van der Waals surface area contributed by atoms with Gasteiger partial charge in [-0.1, -0.05) is 17.2 Å². The molecule has 0 fully saturated rings. The third-order valence-electron chi connectivity index (χ3n) is 4.15. The fraction of sp³-hybridized carbons (Fsp3) is 0.227. The zero-order valence-electron chi connectivity index (χ0n) is 16.8. The van der Waals surface area contributed by atoms with Gasteiger partial charge in [-0.15, -0.1) is 5.10 Å². The molecule has 0 aliphatic carbocycles. The Bertz CT molecular complexity index is 1160. The normalized spacial score (nSPS) is 11.1. The van der Waals surface area contributed by atoms with Crippen LogP contribution in [0.25, 0.3) is 22.6 Å². The van der Waals surface area contributed by atoms with Crippen molar-refractivity contribution in [3.8, 4) is 23.1 Å². The third-order valence-corrected chi connectivity index (χ3v) is 4.15. The van der Waals surface area contributed by atoms with E-state index in [1.54, 1.807) is 30.3 Å². The number of rotatable bonds is 7. The van der Waals surface area contributed by atoms with Gasteiger partial charge in [0.25, 0.3) is 11.8 Å². The Morgan fingerprint density at radius 1 is 1.10 bits per heavy atom. The number of benzene rings is 2. The maximum absolute atomic E-state index is 12.4. The molecule has 0 unspecified atom stereocenters. The first kappa shape index (κ1) is 19.5. The topological polar surface area (TPSA) is 99.6 Å². The third kappa shape index (κ3) is 4.12. The zero-order valence-corrected chi connectivity index (χ0v) is 16.8. The molecule has 0 radical (unpaired) electrons. The first-order chi connectivity index (χ1) is 14.5. The predicted octanol–water partition coefficient (Wildman–Crippen LogP) is 4.92. The number of furan rings is 1. The van der Waals surface area contributed by atoms with Crippen LogP contribution in [-0.2, 0) is 0 Å². The number of carbonyl (C=O) groups excluding carboxylic acids is 1. The summed E-state index contributed by atoms with van der Waals surface area (Å²) in [6.45, 7) is 6.30. The molecule has 2 aromatic carbocycles. The molecular weight excluding hydrogens is 386 g/mol. The van der Waals surface area contributed by atoms with Gasteiger partial charge in [0.2, 0.25) is 0 Å². The van der Waals surface area contributed by atoms with E-state index < -0.39 is 0 Å². The summed E-state index contributed by atoms with van der Waals surface area (Å²) in [5.41, 5.74) is 1.04. The van der Waals surface area contributed by atoms with E-state index in [0.717, 1.165) is 5.39 Å². The fourth-order valence-corrected chi connectivity index (χ4v) is 2.91. The lowest BCUT2D eigenvalue weighted by molar-refractivity contribution is 0.102. The van der Waals surface area contributed by atoms with E-state index in [1.165, 1.54) is 0 Å². The summed E-state index contributed by atoms with van der Waals surface area (Å²) >= 11 is 0. The SMILES string of the molecule is CCOc1cccc2cc(-c3nnc(NC(=O)c4ccc(OC(C)C)cc4)o3)oc12. The Labute approximate surface area is 172 Å². The minimum absolute atomic E-state index is 0.0250. The molecule has 2 aromatic heterocycles. The van der Waals surface area contributed by atoms with Crippen molar-refractivity contribution in [2.45, 2.75) is 26.9 Å². The Balaban J connectivity index is 1.49. The predicted molar refractivity (Wildman–Crippen MR) is 111 cm³/mol. The van der Waals surface area contributed by atoms with Crippen LogP contribution in [0.15, 0.2) is 57.4 Å². The molecule has 0 atom stereocenters. The largest absolute Gasteiger partial charge is 0.491 e. The number of amides is 1. The maximum Gasteiger partial charge on any atom is 0.322 e. The van der Waals surface area contributed by atoms with Crippen LogP contribution in [0.4, 0.5) is 6.01 Å². The van der Waals surface area contributed by atoms with E-state index >= 15 is 0 Å². The summed E-state index contributed by atoms with van der Waals surface area (Å²) in [4.78, 5) is 12.4. The summed E-state index contributed by atoms with van der Waals surface area (Å²) in [7, 11) is 0. The second-order valence-electron chi connectivity index (χ2n) is 6.78. The van der Waals surface area contributed by atoms with Gasteiger partial charge in [-0.05, 0) is 57.2 Å². The molecule has 8 nitrogen and oxygen atoms in total. The van der Waals surface area contributed by atoms with Crippen LogP contribution in [0.5, 0.6) is 11.5 Å². The second-order valence-corrected chi connectivity index (χ2v) is 6.78. The lowest BCUT2D eigenvalue weighted by Crippen LogP contribution is -2.12. The van der Waals surface area contributed by atoms with Crippen molar-refractivity contribution in [2.24, 2.45) is 0 Å². The highest BCUT2D eigenvalue weighted by Crippen LogP contribution is 2.33. The number of fused-ring (bicyclic) bond motifs is 1. The molecule has 0 saturated heterocycles. The number of nitrogens with zero attached hydrogens (tertiary/aromatic N) is 2. The molecule has 0 bridgehead atoms. The Kier molecular flexibility index (Phi) is 5.38. The van der Waals surface area contributed by atoms with Crippen molar-refractivity contribution < 1.29 is 23.1 Å². The molecule has 0 aliphatic rings. The van der Waals surface area contributed by atoms with Gasteiger partial charge in [0.15, 0.2) is 17.1 Å². The van der Waals surface area contributed by atoms with E-state index in [-0.39, 0.29) is 23.9 Å². The van der Waals surface area contributed by atoms with Crippen LogP contribution in [0, 0.1) is 0 Å². The van der Waals surface area contributed by atoms with Crippen LogP contribution in [0.3, 0.4) is 0 Å². The van der Waals surface area contributed by atoms with Crippen LogP contribution in [0.1, 0.15) is 31.1 Å². The summed E-state index contributed by atoms with van der Waals surface area (Å²) in [6.07, 6.45) is 0.0596. The molecule has 0 spiro atoms. The number of ether oxygens (including phenoxy) is 2. The number of hydrogen-bond acceptors (Lipinski definition) is 7. The highest BCUT2D eigenvalue weighted by Gasteiger charge is 2.17. The lowest BCUT2D eigenvalue weighted by atomic mass is 10.2. The summed E-state index contributed by atoms with van der Waals surface area (Å²) in [5, 5.41) is 11.3. The van der Waals surface area contributed by atoms with E-state index in [4.69, 9.17) is 18.3 Å². The molecule has 0 saturated carbocycles. The molecular formula is C22H21N3O5. The van der Waals surface area contributed by atoms with Gasteiger partial charge in [0, 0.05) is 10.9 Å². The molecule has 2 heterocycles. The average molecular weight is 407 g/mol. The number of aromatic nitrogens is 2. The van der Waals surface area contributed by atoms with Crippen molar-refractivity contribution in [1.82, 2.24) is 10.2 Å². The number of hydrogen-bond donors (Lipinski definition) is 1. The van der Waals surface area contributed by atoms with Crippen molar-refractivity contribution in [3.63, 3.8) is 0 Å². The average Bonchev–Trinajstić information content (AvgIpc) is 3.35. The smallest absolute Gasteiger partial charge is 0.322 e. The molecule has 1 N–H and O–H groups in total. The highest BCUT2D eigenvalue weighted by atomic mass is 16.5. The first-order valence-electron chi connectivity index (χ1n) is 9.61. The minimum atomic E-state index is -0.371. The van der Waals surface area contributed by atoms with Gasteiger partial charge in [0.05, 0.1) is 12.7 Å². The number of anilines is 1. The van der Waals surface area contributed by atoms with Gasteiger partial charge in [-0.2, -0.15) is 0 Å². The lowest BCUT2D eigenvalue weighted by Gasteiger charge is -2.09. The number of carbonyl (C=O) groups is 1. The van der Waals surface area contributed by atoms with Gasteiger partial charge in [0.1, 0.15) is 5.75 Å². The summed E-state index contributed by atoms with van der Waals surface area (Å²) in [5.74, 6) is 1.51. The molecule has 1 amide bonds. The molecule has 30 heavy (non-hydrogen) atoms. The monoisotopic (exact) mass is 407 g/mol. The van der Waals surface area contributed by atoms with Crippen molar-refractivity contribution in [1.29, 1.82) is 0 Å². The van der Waals surface area contributed by atoms with E-state index in [0.29, 0.717) is 35.0 Å². The van der Waals surface area contributed by atoms with Gasteiger partial charge < -0.3 is 18.3 Å². The van der Waals surface area contributed by atoms with E-state index in [2.05, 4.69) is 15.5 Å². The number of nitrogens with one attached hydrogen (secondary N) is 1. The molecule has 0 aliphatic heterocycles. The summed E-state index contributed by atoms with van der Waals surface area (Å²) in [6, 6.07) is 14.2. The fourth-order valence-electron chi connectivity index (χ4n) is 2.91. The van der Waals surface area contributed by atoms with Crippen molar-refractivity contribution in [2.75, 3.05) is 11.9 Å². The highest BCUT2D eigenvalue weighted by molar-refractivity contribution is 6.03. The van der Waals surface area contributed by atoms with Gasteiger partial charge in [-0.25, -0.2) is 0 Å². The summed E-state index contributed by atoms with van der Waals surface area (Å²) < 4.78 is 22.5. The minimum Gasteiger partial charge on any atom is -0.491 e. The second kappa shape index (κ2) is 8.28. The standard InChI is InChI=1S/C22H21N3O5/c1-4-27-17-7-5-6-15-12-18(29-19(15)17)21-24-25-22(30-21)23-20(26)14-8-10-16(11-9-14)28-13(2)3/h5-13H,4H2,1-3H3,(H,23,25,26). The first-order valence-corrected chi connectivity index (χ1v) is 9.61. The molecule has 8 heteroatoms. The molecule has 4 aromatic rings. The van der Waals surface area contributed by atoms with E-state index in [1.807, 2.05) is 39.0 Å². The van der Waals surface area contributed by atoms with Crippen LogP contribution < -0.4 is 14.8 Å². The number of para-hydroxylation sites is 1. The maximum atomic E-state index is 12.4. The van der Waals surface area contributed by atoms with Gasteiger partial charge >= 0.3 is 6.01 Å². The van der Waals surface area contributed by atoms with Gasteiger partial charge in [-0.3, -0.25) is 10.1 Å². The van der Waals surface area contributed by atoms with Crippen molar-refractivity contribution >= 4 is 22.9 Å². The van der Waals surface area contributed by atoms with Crippen LogP contribution in [-0.4, -0.2) is 28.8 Å². The Hall–Kier alpha value is -3.81. The molecule has 154 valence electrons. The Morgan fingerprint density at radius 2 is 1.90 bits per heavy atom.